The fourth-order valence-electron chi connectivity index (χ4n) is 6.22. The van der Waals surface area contributed by atoms with Crippen molar-refractivity contribution in [1.29, 1.82) is 0 Å². The number of benzene rings is 3. The van der Waals surface area contributed by atoms with Gasteiger partial charge in [-0.3, -0.25) is 19.4 Å². The molecule has 3 aromatic rings. The summed E-state index contributed by atoms with van der Waals surface area (Å²) >= 11 is 5.32. The highest BCUT2D eigenvalue weighted by Gasteiger charge is 2.39. The van der Waals surface area contributed by atoms with Crippen LogP contribution >= 0.6 is 12.2 Å². The normalized spacial score (nSPS) is 17.0. The van der Waals surface area contributed by atoms with Crippen molar-refractivity contribution in [3.8, 4) is 0 Å². The Morgan fingerprint density at radius 2 is 1.14 bits per heavy atom. The Labute approximate surface area is 255 Å². The molecule has 3 aromatic carbocycles. The Morgan fingerprint density at radius 3 is 1.60 bits per heavy atom. The first-order valence-electron chi connectivity index (χ1n) is 14.5. The Kier molecular flexibility index (Phi) is 7.01. The highest BCUT2D eigenvalue weighted by Crippen LogP contribution is 2.54. The Bertz CT molecular complexity index is 1590. The second-order valence-electron chi connectivity index (χ2n) is 14.0. The number of likely N-dealkylation sites (N-methyl/N-ethyl adjacent to an activating group) is 2. The van der Waals surface area contributed by atoms with E-state index in [1.165, 1.54) is 20.9 Å². The van der Waals surface area contributed by atoms with Gasteiger partial charge in [-0.15, -0.1) is 0 Å². The first kappa shape index (κ1) is 29.7. The number of amides is 2. The van der Waals surface area contributed by atoms with Gasteiger partial charge < -0.3 is 4.90 Å². The quantitative estimate of drug-likeness (QED) is 0.175. The molecule has 5 rings (SSSR count). The van der Waals surface area contributed by atoms with Crippen molar-refractivity contribution in [2.45, 2.75) is 71.6 Å². The third kappa shape index (κ3) is 4.66. The van der Waals surface area contributed by atoms with Crippen molar-refractivity contribution in [2.75, 3.05) is 19.0 Å². The minimum Gasteiger partial charge on any atom is -0.310 e. The van der Waals surface area contributed by atoms with Crippen LogP contribution in [0.3, 0.4) is 0 Å². The van der Waals surface area contributed by atoms with Crippen LogP contribution in [-0.2, 0) is 25.8 Å². The van der Waals surface area contributed by atoms with Crippen LogP contribution in [0.5, 0.6) is 0 Å². The van der Waals surface area contributed by atoms with E-state index in [2.05, 4.69) is 121 Å². The summed E-state index contributed by atoms with van der Waals surface area (Å²) in [5, 5.41) is 0.203. The molecule has 0 N–H and O–H groups in total. The van der Waals surface area contributed by atoms with Crippen LogP contribution in [0.15, 0.2) is 66.2 Å². The summed E-state index contributed by atoms with van der Waals surface area (Å²) in [6, 6.07) is 21.8. The van der Waals surface area contributed by atoms with E-state index < -0.39 is 0 Å². The van der Waals surface area contributed by atoms with Crippen LogP contribution in [-0.4, -0.2) is 40.8 Å². The van der Waals surface area contributed by atoms with Gasteiger partial charge in [0.2, 0.25) is 0 Å². The average molecular weight is 580 g/mol. The Balaban J connectivity index is 1.84. The summed E-state index contributed by atoms with van der Waals surface area (Å²) in [6.45, 7) is 17.7. The highest BCUT2D eigenvalue weighted by molar-refractivity contribution is 7.80. The monoisotopic (exact) mass is 579 g/mol. The third-order valence-electron chi connectivity index (χ3n) is 8.61. The lowest BCUT2D eigenvalue weighted by Crippen LogP contribution is -2.52. The van der Waals surface area contributed by atoms with Crippen molar-refractivity contribution < 1.29 is 9.59 Å². The number of anilines is 3. The summed E-state index contributed by atoms with van der Waals surface area (Å²) in [5.74, 6) is -0.768. The van der Waals surface area contributed by atoms with Crippen LogP contribution in [0.4, 0.5) is 17.1 Å². The molecule has 5 nitrogen and oxygen atoms in total. The molecule has 2 amide bonds. The smallest absolute Gasteiger partial charge is 0.265 e. The maximum Gasteiger partial charge on any atom is 0.265 e. The van der Waals surface area contributed by atoms with Crippen LogP contribution in [0.2, 0.25) is 0 Å². The first-order valence-corrected chi connectivity index (χ1v) is 14.9. The fraction of sp³-hybridized carbons (Fsp3) is 0.361. The van der Waals surface area contributed by atoms with E-state index in [9.17, 15) is 9.59 Å². The second-order valence-corrected chi connectivity index (χ2v) is 14.4. The summed E-state index contributed by atoms with van der Waals surface area (Å²) < 4.78 is 0. The standard InChI is InChI=1S/C36H41N3O2S/c1-34(2,3)26-21-30(39-28-17-13-11-15-24(28)36(7,8)25-16-12-14-18-29(25)39)27(35(4,5)6)20-22(26)19-23-31(40)37(9)33(42)38(10)32(23)41/h11-21H,1-10H3. The summed E-state index contributed by atoms with van der Waals surface area (Å²) in [4.78, 5) is 31.7. The van der Waals surface area contributed by atoms with Gasteiger partial charge in [0.1, 0.15) is 5.57 Å². The van der Waals surface area contributed by atoms with Crippen LogP contribution < -0.4 is 4.90 Å². The predicted octanol–water partition coefficient (Wildman–Crippen LogP) is 7.99. The molecule has 0 bridgehead atoms. The molecule has 1 saturated heterocycles. The SMILES string of the molecule is CN1C(=O)C(=Cc2cc(C(C)(C)C)c(N3c4ccccc4C(C)(C)c4ccccc43)cc2C(C)(C)C)C(=O)N(C)C1=S. The summed E-state index contributed by atoms with van der Waals surface area (Å²) in [6.07, 6.45) is 1.76. The number of hydrogen-bond acceptors (Lipinski definition) is 4. The maximum absolute atomic E-state index is 13.3. The number of rotatable bonds is 2. The van der Waals surface area contributed by atoms with E-state index in [4.69, 9.17) is 12.2 Å². The molecule has 2 aliphatic rings. The van der Waals surface area contributed by atoms with Gasteiger partial charge in [0.25, 0.3) is 11.8 Å². The molecule has 2 aliphatic heterocycles. The molecule has 0 aliphatic carbocycles. The van der Waals surface area contributed by atoms with Gasteiger partial charge in [0, 0.05) is 19.5 Å². The minimum absolute atomic E-state index is 0.113. The molecule has 1 fully saturated rings. The molecular formula is C36H41N3O2S. The Hall–Kier alpha value is -3.77. The molecule has 0 saturated carbocycles. The van der Waals surface area contributed by atoms with E-state index in [0.717, 1.165) is 33.8 Å². The van der Waals surface area contributed by atoms with E-state index in [0.29, 0.717) is 0 Å². The van der Waals surface area contributed by atoms with Gasteiger partial charge in [0.05, 0.1) is 17.1 Å². The lowest BCUT2D eigenvalue weighted by Gasteiger charge is -2.44. The van der Waals surface area contributed by atoms with Crippen molar-refractivity contribution in [3.63, 3.8) is 0 Å². The number of para-hydroxylation sites is 2. The molecular weight excluding hydrogens is 538 g/mol. The van der Waals surface area contributed by atoms with Crippen LogP contribution in [0.25, 0.3) is 6.08 Å². The number of carbonyl (C=O) groups is 2. The molecule has 0 atom stereocenters. The predicted molar refractivity (Wildman–Crippen MR) is 177 cm³/mol. The van der Waals surface area contributed by atoms with Gasteiger partial charge in [-0.05, 0) is 81.2 Å². The lowest BCUT2D eigenvalue weighted by atomic mass is 9.72. The molecule has 42 heavy (non-hydrogen) atoms. The summed E-state index contributed by atoms with van der Waals surface area (Å²) in [7, 11) is 3.23. The topological polar surface area (TPSA) is 43.9 Å². The average Bonchev–Trinajstić information content (AvgIpc) is 2.92. The van der Waals surface area contributed by atoms with E-state index in [1.807, 2.05) is 0 Å². The second kappa shape index (κ2) is 9.91. The lowest BCUT2D eigenvalue weighted by molar-refractivity contribution is -0.132. The first-order chi connectivity index (χ1) is 19.5. The van der Waals surface area contributed by atoms with Gasteiger partial charge >= 0.3 is 0 Å². The molecule has 0 radical (unpaired) electrons. The van der Waals surface area contributed by atoms with E-state index in [1.54, 1.807) is 20.2 Å². The van der Waals surface area contributed by atoms with E-state index >= 15 is 0 Å². The zero-order valence-electron chi connectivity index (χ0n) is 26.4. The fourth-order valence-corrected chi connectivity index (χ4v) is 6.38. The van der Waals surface area contributed by atoms with Gasteiger partial charge in [-0.1, -0.05) is 91.8 Å². The van der Waals surface area contributed by atoms with Gasteiger partial charge in [-0.2, -0.15) is 0 Å². The van der Waals surface area contributed by atoms with Crippen molar-refractivity contribution in [2.24, 2.45) is 0 Å². The number of thiocarbonyl (C=S) groups is 1. The number of carbonyl (C=O) groups excluding carboxylic acids is 2. The van der Waals surface area contributed by atoms with Gasteiger partial charge in [0.15, 0.2) is 5.11 Å². The summed E-state index contributed by atoms with van der Waals surface area (Å²) in [5.41, 5.74) is 8.43. The molecule has 0 unspecified atom stereocenters. The van der Waals surface area contributed by atoms with Crippen LogP contribution in [0.1, 0.15) is 83.2 Å². The van der Waals surface area contributed by atoms with Crippen LogP contribution in [0, 0.1) is 0 Å². The highest BCUT2D eigenvalue weighted by atomic mass is 32.1. The van der Waals surface area contributed by atoms with Crippen molar-refractivity contribution in [1.82, 2.24) is 9.80 Å². The molecule has 2 heterocycles. The largest absolute Gasteiger partial charge is 0.310 e. The molecule has 0 spiro atoms. The zero-order chi connectivity index (χ0) is 30.9. The van der Waals surface area contributed by atoms with Gasteiger partial charge in [-0.25, -0.2) is 0 Å². The van der Waals surface area contributed by atoms with E-state index in [-0.39, 0.29) is 38.7 Å². The third-order valence-corrected chi connectivity index (χ3v) is 9.15. The maximum atomic E-state index is 13.3. The Morgan fingerprint density at radius 1 is 0.690 bits per heavy atom. The molecule has 0 aromatic heterocycles. The zero-order valence-corrected chi connectivity index (χ0v) is 27.2. The van der Waals surface area contributed by atoms with Crippen molar-refractivity contribution >= 4 is 52.3 Å². The molecule has 6 heteroatoms. The molecule has 218 valence electrons. The number of fused-ring (bicyclic) bond motifs is 2. The number of nitrogens with zero attached hydrogens (tertiary/aromatic N) is 3. The number of hydrogen-bond donors (Lipinski definition) is 0. The minimum atomic E-state index is -0.384. The van der Waals surface area contributed by atoms with Crippen molar-refractivity contribution in [3.05, 3.63) is 94.1 Å².